The first-order chi connectivity index (χ1) is 11.0. The smallest absolute Gasteiger partial charge is 0.255 e. The molecule has 1 atom stereocenters. The SMILES string of the molecule is CC1=NN(CC(=O)c2ccccn2)C(=O)C1(C)C1CCCCC1. The molecule has 5 heteroatoms. The molecule has 3 rings (SSSR count). The van der Waals surface area contributed by atoms with Crippen molar-refractivity contribution in [1.82, 2.24) is 9.99 Å². The number of hydrogen-bond acceptors (Lipinski definition) is 4. The Hall–Kier alpha value is -2.04. The van der Waals surface area contributed by atoms with Crippen LogP contribution in [-0.2, 0) is 4.79 Å². The summed E-state index contributed by atoms with van der Waals surface area (Å²) in [5.74, 6) is 0.122. The van der Waals surface area contributed by atoms with E-state index in [0.29, 0.717) is 11.6 Å². The molecule has 5 nitrogen and oxygen atoms in total. The summed E-state index contributed by atoms with van der Waals surface area (Å²) in [7, 11) is 0. The van der Waals surface area contributed by atoms with Crippen LogP contribution in [0.25, 0.3) is 0 Å². The van der Waals surface area contributed by atoms with E-state index in [0.717, 1.165) is 18.6 Å². The quantitative estimate of drug-likeness (QED) is 0.803. The van der Waals surface area contributed by atoms with Gasteiger partial charge in [0, 0.05) is 6.20 Å². The molecular formula is C18H23N3O2. The Morgan fingerprint density at radius 1 is 1.30 bits per heavy atom. The second-order valence-corrected chi connectivity index (χ2v) is 6.72. The topological polar surface area (TPSA) is 62.6 Å². The van der Waals surface area contributed by atoms with Crippen molar-refractivity contribution < 1.29 is 9.59 Å². The maximum absolute atomic E-state index is 12.9. The Bertz CT molecular complexity index is 635. The number of amides is 1. The number of carbonyl (C=O) groups is 2. The first-order valence-corrected chi connectivity index (χ1v) is 8.35. The molecule has 1 unspecified atom stereocenters. The number of ketones is 1. The van der Waals surface area contributed by atoms with Crippen molar-refractivity contribution in [2.45, 2.75) is 46.0 Å². The van der Waals surface area contributed by atoms with Gasteiger partial charge >= 0.3 is 0 Å². The minimum Gasteiger partial charge on any atom is -0.290 e. The van der Waals surface area contributed by atoms with Crippen LogP contribution in [0.15, 0.2) is 29.5 Å². The molecule has 122 valence electrons. The zero-order valence-electron chi connectivity index (χ0n) is 13.8. The number of Topliss-reactive ketones (excluding diaryl/α,β-unsaturated/α-hetero) is 1. The molecule has 0 bridgehead atoms. The third-order valence-corrected chi connectivity index (χ3v) is 5.37. The standard InChI is InChI=1S/C18H23N3O2/c1-13-18(2,14-8-4-3-5-9-14)17(23)21(20-13)12-16(22)15-10-6-7-11-19-15/h6-7,10-11,14H,3-5,8-9,12H2,1-2H3. The first kappa shape index (κ1) is 15.8. The van der Waals surface area contributed by atoms with Crippen molar-refractivity contribution in [3.05, 3.63) is 30.1 Å². The van der Waals surface area contributed by atoms with Gasteiger partial charge < -0.3 is 0 Å². The van der Waals surface area contributed by atoms with Crippen molar-refractivity contribution in [3.63, 3.8) is 0 Å². The van der Waals surface area contributed by atoms with Crippen LogP contribution in [0.2, 0.25) is 0 Å². The Balaban J connectivity index is 1.76. The minimum absolute atomic E-state index is 0.0322. The van der Waals surface area contributed by atoms with E-state index in [1.54, 1.807) is 24.4 Å². The number of nitrogens with zero attached hydrogens (tertiary/aromatic N) is 3. The van der Waals surface area contributed by atoms with Gasteiger partial charge in [0.15, 0.2) is 0 Å². The fourth-order valence-corrected chi connectivity index (χ4v) is 3.76. The minimum atomic E-state index is -0.551. The highest BCUT2D eigenvalue weighted by atomic mass is 16.2. The molecule has 0 radical (unpaired) electrons. The van der Waals surface area contributed by atoms with Crippen LogP contribution < -0.4 is 0 Å². The second-order valence-electron chi connectivity index (χ2n) is 6.72. The van der Waals surface area contributed by atoms with Crippen molar-refractivity contribution in [2.24, 2.45) is 16.4 Å². The van der Waals surface area contributed by atoms with Crippen LogP contribution >= 0.6 is 0 Å². The van der Waals surface area contributed by atoms with Gasteiger partial charge in [-0.25, -0.2) is 5.01 Å². The van der Waals surface area contributed by atoms with Crippen LogP contribution in [0, 0.1) is 11.3 Å². The third-order valence-electron chi connectivity index (χ3n) is 5.37. The van der Waals surface area contributed by atoms with E-state index < -0.39 is 5.41 Å². The van der Waals surface area contributed by atoms with E-state index in [1.807, 2.05) is 13.8 Å². The van der Waals surface area contributed by atoms with E-state index in [2.05, 4.69) is 10.1 Å². The zero-order valence-corrected chi connectivity index (χ0v) is 13.8. The lowest BCUT2D eigenvalue weighted by Crippen LogP contribution is -2.44. The summed E-state index contributed by atoms with van der Waals surface area (Å²) in [6.45, 7) is 3.88. The average molecular weight is 313 g/mol. The second kappa shape index (κ2) is 6.22. The van der Waals surface area contributed by atoms with E-state index >= 15 is 0 Å². The highest BCUT2D eigenvalue weighted by Gasteiger charge is 2.50. The molecule has 0 spiro atoms. The summed E-state index contributed by atoms with van der Waals surface area (Å²) in [5, 5.41) is 5.76. The molecule has 2 aliphatic rings. The van der Waals surface area contributed by atoms with Crippen molar-refractivity contribution >= 4 is 17.4 Å². The number of hydrazone groups is 1. The molecule has 0 aromatic carbocycles. The van der Waals surface area contributed by atoms with Crippen LogP contribution in [0.3, 0.4) is 0 Å². The van der Waals surface area contributed by atoms with E-state index in [9.17, 15) is 9.59 Å². The van der Waals surface area contributed by atoms with Crippen molar-refractivity contribution in [2.75, 3.05) is 6.54 Å². The Morgan fingerprint density at radius 3 is 2.70 bits per heavy atom. The van der Waals surface area contributed by atoms with Gasteiger partial charge in [0.1, 0.15) is 12.2 Å². The molecule has 1 aliphatic heterocycles. The summed E-state index contributed by atoms with van der Waals surface area (Å²) >= 11 is 0. The van der Waals surface area contributed by atoms with Crippen LogP contribution in [-0.4, -0.2) is 33.9 Å². The fourth-order valence-electron chi connectivity index (χ4n) is 3.76. The lowest BCUT2D eigenvalue weighted by Gasteiger charge is -2.35. The lowest BCUT2D eigenvalue weighted by atomic mass is 9.67. The van der Waals surface area contributed by atoms with Crippen LogP contribution in [0.4, 0.5) is 0 Å². The van der Waals surface area contributed by atoms with Gasteiger partial charge in [-0.15, -0.1) is 0 Å². The normalized spacial score (nSPS) is 25.6. The van der Waals surface area contributed by atoms with Gasteiger partial charge in [-0.1, -0.05) is 25.3 Å². The van der Waals surface area contributed by atoms with E-state index in [4.69, 9.17) is 0 Å². The van der Waals surface area contributed by atoms with Crippen LogP contribution in [0.5, 0.6) is 0 Å². The summed E-state index contributed by atoms with van der Waals surface area (Å²) in [6, 6.07) is 5.20. The van der Waals surface area contributed by atoms with E-state index in [-0.39, 0.29) is 18.2 Å². The Morgan fingerprint density at radius 2 is 2.04 bits per heavy atom. The highest BCUT2D eigenvalue weighted by Crippen LogP contribution is 2.43. The zero-order chi connectivity index (χ0) is 16.4. The van der Waals surface area contributed by atoms with Crippen molar-refractivity contribution in [1.29, 1.82) is 0 Å². The van der Waals surface area contributed by atoms with E-state index in [1.165, 1.54) is 24.3 Å². The Labute approximate surface area is 136 Å². The van der Waals surface area contributed by atoms with Crippen LogP contribution in [0.1, 0.15) is 56.4 Å². The van der Waals surface area contributed by atoms with Gasteiger partial charge in [-0.05, 0) is 44.7 Å². The summed E-state index contributed by atoms with van der Waals surface area (Å²) in [6.07, 6.45) is 7.31. The number of carbonyl (C=O) groups excluding carboxylic acids is 2. The average Bonchev–Trinajstić information content (AvgIpc) is 2.81. The number of hydrogen-bond donors (Lipinski definition) is 0. The van der Waals surface area contributed by atoms with Gasteiger partial charge in [0.05, 0.1) is 11.1 Å². The number of pyridine rings is 1. The predicted octanol–water partition coefficient (Wildman–Crippen LogP) is 3.07. The molecule has 1 fully saturated rings. The largest absolute Gasteiger partial charge is 0.290 e. The van der Waals surface area contributed by atoms with Gasteiger partial charge in [0.2, 0.25) is 5.78 Å². The third kappa shape index (κ3) is 2.80. The van der Waals surface area contributed by atoms with Crippen molar-refractivity contribution in [3.8, 4) is 0 Å². The maximum atomic E-state index is 12.9. The molecule has 1 saturated carbocycles. The summed E-state index contributed by atoms with van der Waals surface area (Å²) in [4.78, 5) is 29.3. The number of aromatic nitrogens is 1. The molecule has 0 saturated heterocycles. The van der Waals surface area contributed by atoms with Gasteiger partial charge in [-0.3, -0.25) is 14.6 Å². The molecule has 1 aromatic rings. The molecule has 1 aliphatic carbocycles. The summed E-state index contributed by atoms with van der Waals surface area (Å²) in [5.41, 5.74) is 0.660. The van der Waals surface area contributed by atoms with Gasteiger partial charge in [0.25, 0.3) is 5.91 Å². The molecule has 23 heavy (non-hydrogen) atoms. The molecule has 2 heterocycles. The lowest BCUT2D eigenvalue weighted by molar-refractivity contribution is -0.137. The molecule has 0 N–H and O–H groups in total. The highest BCUT2D eigenvalue weighted by molar-refractivity contribution is 6.12. The molecule has 1 amide bonds. The first-order valence-electron chi connectivity index (χ1n) is 8.35. The monoisotopic (exact) mass is 313 g/mol. The maximum Gasteiger partial charge on any atom is 0.255 e. The molecular weight excluding hydrogens is 290 g/mol. The molecule has 1 aromatic heterocycles. The van der Waals surface area contributed by atoms with Gasteiger partial charge in [-0.2, -0.15) is 5.10 Å². The Kier molecular flexibility index (Phi) is 4.28. The number of rotatable bonds is 4. The summed E-state index contributed by atoms with van der Waals surface area (Å²) < 4.78 is 0. The predicted molar refractivity (Wildman–Crippen MR) is 88.1 cm³/mol. The fraction of sp³-hybridized carbons (Fsp3) is 0.556.